The molecule has 0 aromatic carbocycles. The first kappa shape index (κ1) is 16.9. The smallest absolute Gasteiger partial charge is 0.128 e. The van der Waals surface area contributed by atoms with Gasteiger partial charge in [-0.1, -0.05) is 19.9 Å². The van der Waals surface area contributed by atoms with Crippen LogP contribution in [-0.2, 0) is 6.54 Å². The Morgan fingerprint density at radius 1 is 1.10 bits per heavy atom. The van der Waals surface area contributed by atoms with Gasteiger partial charge in [0.25, 0.3) is 0 Å². The second-order valence-corrected chi connectivity index (χ2v) is 5.48. The minimum atomic E-state index is 0.904. The van der Waals surface area contributed by atoms with Crippen LogP contribution in [0.3, 0.4) is 0 Å². The van der Waals surface area contributed by atoms with Crippen molar-refractivity contribution in [2.45, 2.75) is 33.7 Å². The number of anilines is 1. The largest absolute Gasteiger partial charge is 0.355 e. The fourth-order valence-electron chi connectivity index (χ4n) is 2.13. The van der Waals surface area contributed by atoms with Crippen molar-refractivity contribution in [3.05, 3.63) is 23.4 Å². The van der Waals surface area contributed by atoms with Gasteiger partial charge < -0.3 is 15.1 Å². The molecule has 0 radical (unpaired) electrons. The molecular weight excluding hydrogens is 248 g/mol. The minimum Gasteiger partial charge on any atom is -0.355 e. The zero-order valence-electron chi connectivity index (χ0n) is 13.7. The average molecular weight is 278 g/mol. The van der Waals surface area contributed by atoms with E-state index in [0.717, 1.165) is 50.7 Å². The maximum atomic E-state index is 4.79. The van der Waals surface area contributed by atoms with Crippen LogP contribution in [0.4, 0.5) is 5.82 Å². The molecule has 4 heteroatoms. The van der Waals surface area contributed by atoms with E-state index in [9.17, 15) is 0 Å². The quantitative estimate of drug-likeness (QED) is 0.751. The van der Waals surface area contributed by atoms with Crippen LogP contribution in [-0.4, -0.2) is 50.2 Å². The van der Waals surface area contributed by atoms with Crippen LogP contribution in [0.25, 0.3) is 0 Å². The van der Waals surface area contributed by atoms with Crippen molar-refractivity contribution in [2.24, 2.45) is 0 Å². The molecule has 0 aliphatic heterocycles. The Labute approximate surface area is 124 Å². The van der Waals surface area contributed by atoms with Crippen LogP contribution in [0.1, 0.15) is 31.5 Å². The molecule has 1 aromatic heterocycles. The molecule has 1 heterocycles. The molecule has 0 bridgehead atoms. The highest BCUT2D eigenvalue weighted by molar-refractivity contribution is 5.41. The molecule has 1 rings (SSSR count). The molecule has 0 amide bonds. The second-order valence-electron chi connectivity index (χ2n) is 5.48. The number of nitrogens with one attached hydrogen (secondary N) is 1. The van der Waals surface area contributed by atoms with Gasteiger partial charge in [-0.25, -0.2) is 4.98 Å². The van der Waals surface area contributed by atoms with E-state index in [-0.39, 0.29) is 0 Å². The standard InChI is InChI=1S/C16H30N4/c1-6-10-20(12-11-19(4)5)16-9-8-15(13-17-7-2)14(3)18-16/h8-9,17H,6-7,10-13H2,1-5H3. The first-order valence-electron chi connectivity index (χ1n) is 7.65. The lowest BCUT2D eigenvalue weighted by atomic mass is 10.2. The van der Waals surface area contributed by atoms with Crippen LogP contribution in [0.15, 0.2) is 12.1 Å². The Hall–Kier alpha value is -1.13. The Morgan fingerprint density at radius 3 is 2.40 bits per heavy atom. The van der Waals surface area contributed by atoms with Crippen molar-refractivity contribution in [3.8, 4) is 0 Å². The summed E-state index contributed by atoms with van der Waals surface area (Å²) in [5, 5.41) is 3.36. The predicted molar refractivity (Wildman–Crippen MR) is 87.4 cm³/mol. The van der Waals surface area contributed by atoms with Crippen LogP contribution < -0.4 is 10.2 Å². The highest BCUT2D eigenvalue weighted by Crippen LogP contribution is 2.15. The number of hydrogen-bond donors (Lipinski definition) is 1. The predicted octanol–water partition coefficient (Wildman–Crippen LogP) is 2.28. The molecule has 0 fully saturated rings. The van der Waals surface area contributed by atoms with Crippen molar-refractivity contribution in [3.63, 3.8) is 0 Å². The van der Waals surface area contributed by atoms with E-state index in [1.54, 1.807) is 0 Å². The second kappa shape index (κ2) is 8.93. The minimum absolute atomic E-state index is 0.904. The zero-order valence-corrected chi connectivity index (χ0v) is 13.7. The van der Waals surface area contributed by atoms with E-state index in [2.05, 4.69) is 62.1 Å². The van der Waals surface area contributed by atoms with E-state index >= 15 is 0 Å². The fourth-order valence-corrected chi connectivity index (χ4v) is 2.13. The van der Waals surface area contributed by atoms with Gasteiger partial charge in [-0.15, -0.1) is 0 Å². The van der Waals surface area contributed by atoms with Crippen molar-refractivity contribution in [1.82, 2.24) is 15.2 Å². The molecule has 114 valence electrons. The maximum Gasteiger partial charge on any atom is 0.128 e. The molecule has 0 aliphatic carbocycles. The Balaban J connectivity index is 2.77. The number of aromatic nitrogens is 1. The van der Waals surface area contributed by atoms with Gasteiger partial charge in [-0.2, -0.15) is 0 Å². The maximum absolute atomic E-state index is 4.79. The van der Waals surface area contributed by atoms with Gasteiger partial charge in [0.1, 0.15) is 5.82 Å². The summed E-state index contributed by atoms with van der Waals surface area (Å²) in [4.78, 5) is 9.39. The van der Waals surface area contributed by atoms with Crippen LogP contribution in [0, 0.1) is 6.92 Å². The number of likely N-dealkylation sites (N-methyl/N-ethyl adjacent to an activating group) is 1. The summed E-state index contributed by atoms with van der Waals surface area (Å²) in [7, 11) is 4.23. The molecule has 1 aromatic rings. The third-order valence-corrected chi connectivity index (χ3v) is 3.38. The average Bonchev–Trinajstić information content (AvgIpc) is 2.42. The fraction of sp³-hybridized carbons (Fsp3) is 0.688. The molecule has 0 saturated heterocycles. The van der Waals surface area contributed by atoms with Crippen molar-refractivity contribution >= 4 is 5.82 Å². The molecule has 0 spiro atoms. The number of nitrogens with zero attached hydrogens (tertiary/aromatic N) is 3. The first-order valence-corrected chi connectivity index (χ1v) is 7.65. The summed E-state index contributed by atoms with van der Waals surface area (Å²) in [5.41, 5.74) is 2.43. The van der Waals surface area contributed by atoms with E-state index in [1.165, 1.54) is 5.56 Å². The van der Waals surface area contributed by atoms with Gasteiger partial charge in [0.2, 0.25) is 0 Å². The van der Waals surface area contributed by atoms with Crippen LogP contribution in [0.2, 0.25) is 0 Å². The topological polar surface area (TPSA) is 31.4 Å². The summed E-state index contributed by atoms with van der Waals surface area (Å²) in [6.45, 7) is 11.5. The summed E-state index contributed by atoms with van der Waals surface area (Å²) in [6.07, 6.45) is 1.15. The summed E-state index contributed by atoms with van der Waals surface area (Å²) < 4.78 is 0. The third-order valence-electron chi connectivity index (χ3n) is 3.38. The lowest BCUT2D eigenvalue weighted by molar-refractivity contribution is 0.412. The third kappa shape index (κ3) is 5.47. The van der Waals surface area contributed by atoms with Crippen molar-refractivity contribution < 1.29 is 0 Å². The first-order chi connectivity index (χ1) is 9.58. The van der Waals surface area contributed by atoms with Crippen molar-refractivity contribution in [2.75, 3.05) is 45.2 Å². The number of hydrogen-bond acceptors (Lipinski definition) is 4. The molecule has 4 nitrogen and oxygen atoms in total. The molecular formula is C16H30N4. The Kier molecular flexibility index (Phi) is 7.55. The van der Waals surface area contributed by atoms with E-state index in [4.69, 9.17) is 4.98 Å². The summed E-state index contributed by atoms with van der Waals surface area (Å²) in [5.74, 6) is 1.10. The molecule has 20 heavy (non-hydrogen) atoms. The SMILES string of the molecule is CCCN(CCN(C)C)c1ccc(CNCC)c(C)n1. The van der Waals surface area contributed by atoms with Gasteiger partial charge in [-0.3, -0.25) is 0 Å². The van der Waals surface area contributed by atoms with E-state index < -0.39 is 0 Å². The van der Waals surface area contributed by atoms with Gasteiger partial charge in [0.05, 0.1) is 0 Å². The molecule has 0 saturated carbocycles. The normalized spacial score (nSPS) is 11.1. The van der Waals surface area contributed by atoms with Gasteiger partial charge >= 0.3 is 0 Å². The monoisotopic (exact) mass is 278 g/mol. The van der Waals surface area contributed by atoms with Crippen LogP contribution >= 0.6 is 0 Å². The number of pyridine rings is 1. The number of aryl methyl sites for hydroxylation is 1. The zero-order chi connectivity index (χ0) is 15.0. The summed E-state index contributed by atoms with van der Waals surface area (Å²) in [6, 6.07) is 4.36. The van der Waals surface area contributed by atoms with Crippen molar-refractivity contribution in [1.29, 1.82) is 0 Å². The Bertz CT molecular complexity index is 390. The number of rotatable bonds is 9. The Morgan fingerprint density at radius 2 is 1.85 bits per heavy atom. The van der Waals surface area contributed by atoms with Gasteiger partial charge in [0.15, 0.2) is 0 Å². The van der Waals surface area contributed by atoms with Gasteiger partial charge in [0, 0.05) is 31.9 Å². The van der Waals surface area contributed by atoms with Crippen LogP contribution in [0.5, 0.6) is 0 Å². The molecule has 0 unspecified atom stereocenters. The lowest BCUT2D eigenvalue weighted by Gasteiger charge is -2.25. The summed E-state index contributed by atoms with van der Waals surface area (Å²) >= 11 is 0. The van der Waals surface area contributed by atoms with E-state index in [1.807, 2.05) is 0 Å². The molecule has 0 atom stereocenters. The van der Waals surface area contributed by atoms with E-state index in [0.29, 0.717) is 0 Å². The molecule has 0 aliphatic rings. The lowest BCUT2D eigenvalue weighted by Crippen LogP contribution is -2.33. The molecule has 1 N–H and O–H groups in total. The van der Waals surface area contributed by atoms with Gasteiger partial charge in [-0.05, 0) is 45.6 Å². The highest BCUT2D eigenvalue weighted by atomic mass is 15.2. The highest BCUT2D eigenvalue weighted by Gasteiger charge is 2.09.